The molecule has 2 N–H and O–H groups in total. The predicted molar refractivity (Wildman–Crippen MR) is 101 cm³/mol. The number of benzene rings is 1. The van der Waals surface area contributed by atoms with Crippen LogP contribution < -0.4 is 10.2 Å². The fourth-order valence-corrected chi connectivity index (χ4v) is 4.22. The molecule has 6 heteroatoms. The molecule has 2 saturated heterocycles. The average molecular weight is 350 g/mol. The monoisotopic (exact) mass is 349 g/mol. The van der Waals surface area contributed by atoms with E-state index in [-0.39, 0.29) is 12.6 Å². The molecule has 2 amide bonds. The van der Waals surface area contributed by atoms with Gasteiger partial charge >= 0.3 is 6.03 Å². The number of aliphatic hydroxyl groups excluding tert-OH is 1. The molecule has 2 heterocycles. The van der Waals surface area contributed by atoms with Crippen molar-refractivity contribution in [2.45, 2.75) is 19.8 Å². The second kappa shape index (κ2) is 8.12. The summed E-state index contributed by atoms with van der Waals surface area (Å²) in [6, 6.07) is 6.27. The lowest BCUT2D eigenvalue weighted by atomic mass is 9.98. The van der Waals surface area contributed by atoms with Gasteiger partial charge in [-0.15, -0.1) is 0 Å². The topological polar surface area (TPSA) is 55.8 Å². The van der Waals surface area contributed by atoms with Gasteiger partial charge in [-0.3, -0.25) is 0 Å². The van der Waals surface area contributed by atoms with Gasteiger partial charge in [0.25, 0.3) is 0 Å². The molecule has 1 aromatic rings. The van der Waals surface area contributed by atoms with Crippen LogP contribution >= 0.6 is 11.8 Å². The molecule has 2 fully saturated rings. The zero-order chi connectivity index (χ0) is 16.9. The van der Waals surface area contributed by atoms with Gasteiger partial charge in [-0.05, 0) is 49.4 Å². The summed E-state index contributed by atoms with van der Waals surface area (Å²) in [7, 11) is 0. The van der Waals surface area contributed by atoms with Gasteiger partial charge in [0.1, 0.15) is 0 Å². The summed E-state index contributed by atoms with van der Waals surface area (Å²) in [4.78, 5) is 16.7. The molecular formula is C18H27N3O2S. The SMILES string of the molecule is Cc1cc(N2CCSCC2)ccc1NC(=O)N1CCC(CO)CC1. The minimum Gasteiger partial charge on any atom is -0.396 e. The van der Waals surface area contributed by atoms with Gasteiger partial charge in [0.05, 0.1) is 0 Å². The number of hydrogen-bond acceptors (Lipinski definition) is 4. The molecule has 3 rings (SSSR count). The van der Waals surface area contributed by atoms with E-state index in [2.05, 4.69) is 29.3 Å². The number of urea groups is 1. The zero-order valence-electron chi connectivity index (χ0n) is 14.3. The molecule has 0 aliphatic carbocycles. The van der Waals surface area contributed by atoms with Crippen LogP contribution in [0.5, 0.6) is 0 Å². The zero-order valence-corrected chi connectivity index (χ0v) is 15.1. The van der Waals surface area contributed by atoms with Crippen molar-refractivity contribution in [2.75, 3.05) is 54.5 Å². The number of nitrogens with zero attached hydrogens (tertiary/aromatic N) is 2. The maximum absolute atomic E-state index is 12.4. The Hall–Kier alpha value is -1.40. The second-order valence-corrected chi connectivity index (χ2v) is 7.87. The van der Waals surface area contributed by atoms with Gasteiger partial charge in [0.2, 0.25) is 0 Å². The average Bonchev–Trinajstić information content (AvgIpc) is 2.64. The number of thioether (sulfide) groups is 1. The highest BCUT2D eigenvalue weighted by atomic mass is 32.2. The number of amides is 2. The first-order chi connectivity index (χ1) is 11.7. The molecule has 0 bridgehead atoms. The van der Waals surface area contributed by atoms with E-state index in [1.807, 2.05) is 22.7 Å². The van der Waals surface area contributed by atoms with Gasteiger partial charge in [0.15, 0.2) is 0 Å². The highest BCUT2D eigenvalue weighted by Gasteiger charge is 2.22. The number of aliphatic hydroxyl groups is 1. The van der Waals surface area contributed by atoms with Gasteiger partial charge in [0, 0.05) is 55.7 Å². The number of aryl methyl sites for hydroxylation is 1. The lowest BCUT2D eigenvalue weighted by Crippen LogP contribution is -2.41. The van der Waals surface area contributed by atoms with Gasteiger partial charge in [-0.2, -0.15) is 11.8 Å². The van der Waals surface area contributed by atoms with Crippen LogP contribution in [-0.2, 0) is 0 Å². The Morgan fingerprint density at radius 3 is 2.58 bits per heavy atom. The number of hydrogen-bond donors (Lipinski definition) is 2. The van der Waals surface area contributed by atoms with Crippen LogP contribution in [-0.4, -0.2) is 60.3 Å². The van der Waals surface area contributed by atoms with E-state index in [0.717, 1.165) is 50.3 Å². The van der Waals surface area contributed by atoms with E-state index in [9.17, 15) is 9.90 Å². The van der Waals surface area contributed by atoms with E-state index < -0.39 is 0 Å². The van der Waals surface area contributed by atoms with E-state index in [0.29, 0.717) is 5.92 Å². The summed E-state index contributed by atoms with van der Waals surface area (Å²) in [5.41, 5.74) is 3.23. The fraction of sp³-hybridized carbons (Fsp3) is 0.611. The predicted octanol–water partition coefficient (Wildman–Crippen LogP) is 2.78. The smallest absolute Gasteiger partial charge is 0.321 e. The molecule has 2 aliphatic heterocycles. The van der Waals surface area contributed by atoms with Crippen LogP contribution in [0, 0.1) is 12.8 Å². The third kappa shape index (κ3) is 4.16. The molecule has 0 aromatic heterocycles. The lowest BCUT2D eigenvalue weighted by Gasteiger charge is -2.31. The fourth-order valence-electron chi connectivity index (χ4n) is 3.32. The van der Waals surface area contributed by atoms with E-state index in [1.165, 1.54) is 17.2 Å². The van der Waals surface area contributed by atoms with Crippen molar-refractivity contribution in [3.63, 3.8) is 0 Å². The van der Waals surface area contributed by atoms with Crippen molar-refractivity contribution >= 4 is 29.2 Å². The number of anilines is 2. The van der Waals surface area contributed by atoms with Crippen molar-refractivity contribution in [3.05, 3.63) is 23.8 Å². The van der Waals surface area contributed by atoms with Crippen molar-refractivity contribution < 1.29 is 9.90 Å². The highest BCUT2D eigenvalue weighted by Crippen LogP contribution is 2.25. The summed E-state index contributed by atoms with van der Waals surface area (Å²) in [6.07, 6.45) is 1.77. The molecule has 24 heavy (non-hydrogen) atoms. The largest absolute Gasteiger partial charge is 0.396 e. The molecule has 0 saturated carbocycles. The Kier molecular flexibility index (Phi) is 5.89. The number of carbonyl (C=O) groups excluding carboxylic acids is 1. The third-order valence-corrected chi connectivity index (χ3v) is 5.93. The number of piperidine rings is 1. The first-order valence-electron chi connectivity index (χ1n) is 8.77. The summed E-state index contributed by atoms with van der Waals surface area (Å²) in [5.74, 6) is 2.71. The Labute approximate surface area is 148 Å². The highest BCUT2D eigenvalue weighted by molar-refractivity contribution is 7.99. The Bertz CT molecular complexity index is 567. The maximum Gasteiger partial charge on any atom is 0.321 e. The normalized spacial score (nSPS) is 19.4. The lowest BCUT2D eigenvalue weighted by molar-refractivity contribution is 0.143. The summed E-state index contributed by atoms with van der Waals surface area (Å²) >= 11 is 2.01. The van der Waals surface area contributed by atoms with E-state index in [4.69, 9.17) is 0 Å². The van der Waals surface area contributed by atoms with Crippen LogP contribution in [0.25, 0.3) is 0 Å². The van der Waals surface area contributed by atoms with E-state index in [1.54, 1.807) is 0 Å². The van der Waals surface area contributed by atoms with Crippen molar-refractivity contribution in [3.8, 4) is 0 Å². The van der Waals surface area contributed by atoms with Crippen LogP contribution in [0.3, 0.4) is 0 Å². The quantitative estimate of drug-likeness (QED) is 0.881. The number of likely N-dealkylation sites (tertiary alicyclic amines) is 1. The first kappa shape index (κ1) is 17.4. The number of carbonyl (C=O) groups is 1. The van der Waals surface area contributed by atoms with Gasteiger partial charge < -0.3 is 20.2 Å². The summed E-state index contributed by atoms with van der Waals surface area (Å²) < 4.78 is 0. The van der Waals surface area contributed by atoms with E-state index >= 15 is 0 Å². The number of nitrogens with one attached hydrogen (secondary N) is 1. The van der Waals surface area contributed by atoms with Crippen LogP contribution in [0.4, 0.5) is 16.2 Å². The van der Waals surface area contributed by atoms with Crippen molar-refractivity contribution in [1.29, 1.82) is 0 Å². The molecule has 132 valence electrons. The van der Waals surface area contributed by atoms with Crippen LogP contribution in [0.15, 0.2) is 18.2 Å². The Balaban J connectivity index is 1.59. The minimum absolute atomic E-state index is 0.0309. The van der Waals surface area contributed by atoms with Crippen LogP contribution in [0.1, 0.15) is 18.4 Å². The van der Waals surface area contributed by atoms with Gasteiger partial charge in [-0.1, -0.05) is 0 Å². The third-order valence-electron chi connectivity index (χ3n) is 4.99. The Morgan fingerprint density at radius 1 is 1.25 bits per heavy atom. The van der Waals surface area contributed by atoms with Crippen LogP contribution in [0.2, 0.25) is 0 Å². The molecular weight excluding hydrogens is 322 g/mol. The van der Waals surface area contributed by atoms with Crippen molar-refractivity contribution in [2.24, 2.45) is 5.92 Å². The molecule has 0 unspecified atom stereocenters. The van der Waals surface area contributed by atoms with Gasteiger partial charge in [-0.25, -0.2) is 4.79 Å². The standard InChI is InChI=1S/C18H27N3O2S/c1-14-12-16(20-8-10-24-11-9-20)2-3-17(14)19-18(23)21-6-4-15(13-22)5-7-21/h2-3,12,15,22H,4-11,13H2,1H3,(H,19,23). The first-order valence-corrected chi connectivity index (χ1v) is 9.93. The minimum atomic E-state index is -0.0309. The molecule has 0 radical (unpaired) electrons. The molecule has 0 spiro atoms. The molecule has 0 atom stereocenters. The van der Waals surface area contributed by atoms with Crippen molar-refractivity contribution in [1.82, 2.24) is 4.90 Å². The second-order valence-electron chi connectivity index (χ2n) is 6.64. The molecule has 1 aromatic carbocycles. The summed E-state index contributed by atoms with van der Waals surface area (Å²) in [6.45, 7) is 5.91. The number of rotatable bonds is 3. The molecule has 2 aliphatic rings. The maximum atomic E-state index is 12.4. The summed E-state index contributed by atoms with van der Waals surface area (Å²) in [5, 5.41) is 12.2. The molecule has 5 nitrogen and oxygen atoms in total. The Morgan fingerprint density at radius 2 is 1.96 bits per heavy atom.